The van der Waals surface area contributed by atoms with E-state index in [1.807, 2.05) is 27.7 Å². The minimum absolute atomic E-state index is 0.158. The summed E-state index contributed by atoms with van der Waals surface area (Å²) in [4.78, 5) is 10.4. The molecule has 0 aliphatic heterocycles. The first-order valence-corrected chi connectivity index (χ1v) is 7.20. The van der Waals surface area contributed by atoms with E-state index in [2.05, 4.69) is 0 Å². The molecule has 0 amide bonds. The van der Waals surface area contributed by atoms with Crippen LogP contribution >= 0.6 is 0 Å². The Balaban J connectivity index is 3.84. The van der Waals surface area contributed by atoms with Crippen molar-refractivity contribution in [1.29, 1.82) is 0 Å². The number of hydrogen-bond acceptors (Lipinski definition) is 3. The van der Waals surface area contributed by atoms with E-state index in [0.717, 1.165) is 5.28 Å². The molecule has 0 aromatic rings. The van der Waals surface area contributed by atoms with Crippen molar-refractivity contribution in [2.24, 2.45) is 0 Å². The third kappa shape index (κ3) is 10.2. The molecule has 0 rings (SSSR count). The molecule has 0 bridgehead atoms. The van der Waals surface area contributed by atoms with E-state index in [1.165, 1.54) is 0 Å². The lowest BCUT2D eigenvalue weighted by Crippen LogP contribution is -2.29. The molecule has 0 saturated heterocycles. The predicted molar refractivity (Wildman–Crippen MR) is 59.9 cm³/mol. The van der Waals surface area contributed by atoms with Crippen LogP contribution in [0.2, 0.25) is 5.28 Å². The Morgan fingerprint density at radius 1 is 1.20 bits per heavy atom. The number of carboxylic acids is 1. The molecule has 0 heterocycles. The maximum Gasteiger partial charge on any atom is 0.674 e. The number of carbonyl (C=O) groups is 1. The highest BCUT2D eigenvalue weighted by atomic mass is 27.2. The minimum Gasteiger partial charge on any atom is -0.481 e. The number of hydrogen-bond donors (Lipinski definition) is 1. The average molecular weight is 232 g/mol. The van der Waals surface area contributed by atoms with Crippen molar-refractivity contribution in [3.05, 3.63) is 0 Å². The molecular formula is C10H21AlO4. The van der Waals surface area contributed by atoms with Crippen LogP contribution in [0.15, 0.2) is 0 Å². The van der Waals surface area contributed by atoms with Gasteiger partial charge in [-0.05, 0) is 39.4 Å². The zero-order valence-corrected chi connectivity index (χ0v) is 11.2. The molecule has 0 aliphatic carbocycles. The van der Waals surface area contributed by atoms with Crippen LogP contribution in [0.3, 0.4) is 0 Å². The molecule has 15 heavy (non-hydrogen) atoms. The van der Waals surface area contributed by atoms with E-state index in [-0.39, 0.29) is 18.6 Å². The van der Waals surface area contributed by atoms with E-state index >= 15 is 0 Å². The Bertz CT molecular complexity index is 172. The molecule has 0 radical (unpaired) electrons. The van der Waals surface area contributed by atoms with Crippen molar-refractivity contribution < 1.29 is 17.5 Å². The van der Waals surface area contributed by atoms with Gasteiger partial charge < -0.3 is 12.7 Å². The van der Waals surface area contributed by atoms with Gasteiger partial charge in [-0.3, -0.25) is 4.79 Å². The van der Waals surface area contributed by atoms with E-state index in [9.17, 15) is 4.79 Å². The number of rotatable bonds is 8. The Labute approximate surface area is 96.6 Å². The predicted octanol–water partition coefficient (Wildman–Crippen LogP) is 2.19. The molecule has 4 nitrogen and oxygen atoms in total. The second-order valence-corrected chi connectivity index (χ2v) is 6.07. The van der Waals surface area contributed by atoms with Crippen molar-refractivity contribution in [1.82, 2.24) is 0 Å². The fourth-order valence-electron chi connectivity index (χ4n) is 1.20. The molecule has 0 fully saturated rings. The van der Waals surface area contributed by atoms with Crippen molar-refractivity contribution in [2.45, 2.75) is 58.0 Å². The molecule has 0 atom stereocenters. The van der Waals surface area contributed by atoms with Crippen LogP contribution in [0.4, 0.5) is 0 Å². The second kappa shape index (κ2) is 8.12. The monoisotopic (exact) mass is 232 g/mol. The summed E-state index contributed by atoms with van der Waals surface area (Å²) in [7, 11) is 0. The highest BCUT2D eigenvalue weighted by Gasteiger charge is 2.27. The van der Waals surface area contributed by atoms with Gasteiger partial charge in [-0.2, -0.15) is 0 Å². The topological polar surface area (TPSA) is 55.8 Å². The van der Waals surface area contributed by atoms with Crippen LogP contribution in [0.5, 0.6) is 0 Å². The third-order valence-corrected chi connectivity index (χ3v) is 4.25. The maximum atomic E-state index is 10.4. The molecule has 0 unspecified atom stereocenters. The van der Waals surface area contributed by atoms with Crippen LogP contribution < -0.4 is 0 Å². The summed E-state index contributed by atoms with van der Waals surface area (Å²) < 4.78 is 11.3. The summed E-state index contributed by atoms with van der Waals surface area (Å²) in [6.45, 7) is 7.89. The molecular weight excluding hydrogens is 211 g/mol. The summed E-state index contributed by atoms with van der Waals surface area (Å²) in [5.41, 5.74) is 0. The first-order valence-electron chi connectivity index (χ1n) is 5.44. The van der Waals surface area contributed by atoms with Gasteiger partial charge in [0.2, 0.25) is 0 Å². The van der Waals surface area contributed by atoms with E-state index in [1.54, 1.807) is 0 Å². The largest absolute Gasteiger partial charge is 0.674 e. The molecule has 88 valence electrons. The van der Waals surface area contributed by atoms with Crippen LogP contribution in [0, 0.1) is 0 Å². The van der Waals surface area contributed by atoms with E-state index in [4.69, 9.17) is 12.7 Å². The molecule has 1 N–H and O–H groups in total. The molecule has 0 spiro atoms. The van der Waals surface area contributed by atoms with Crippen molar-refractivity contribution >= 4 is 20.8 Å². The molecule has 0 saturated carbocycles. The van der Waals surface area contributed by atoms with Gasteiger partial charge in [0.25, 0.3) is 0 Å². The van der Waals surface area contributed by atoms with Gasteiger partial charge in [0.15, 0.2) is 0 Å². The van der Waals surface area contributed by atoms with E-state index < -0.39 is 20.8 Å². The van der Waals surface area contributed by atoms with Gasteiger partial charge in [0.1, 0.15) is 0 Å². The number of aliphatic carboxylic acids is 1. The lowest BCUT2D eigenvalue weighted by Gasteiger charge is -2.18. The van der Waals surface area contributed by atoms with Gasteiger partial charge in [0, 0.05) is 18.6 Å². The summed E-state index contributed by atoms with van der Waals surface area (Å²) >= 11 is -1.67. The zero-order chi connectivity index (χ0) is 11.8. The van der Waals surface area contributed by atoms with Gasteiger partial charge in [-0.25, -0.2) is 0 Å². The highest BCUT2D eigenvalue weighted by molar-refractivity contribution is 6.44. The molecule has 0 aromatic heterocycles. The molecule has 5 heteroatoms. The third-order valence-electron chi connectivity index (χ3n) is 1.68. The quantitative estimate of drug-likeness (QED) is 0.652. The summed E-state index contributed by atoms with van der Waals surface area (Å²) in [6, 6.07) is 0. The van der Waals surface area contributed by atoms with Crippen molar-refractivity contribution in [3.8, 4) is 0 Å². The Morgan fingerprint density at radius 2 is 1.67 bits per heavy atom. The Kier molecular flexibility index (Phi) is 8.08. The van der Waals surface area contributed by atoms with Crippen LogP contribution in [0.25, 0.3) is 0 Å². The summed E-state index contributed by atoms with van der Waals surface area (Å²) in [6.07, 6.45) is 1.16. The maximum absolute atomic E-state index is 10.4. The van der Waals surface area contributed by atoms with Crippen LogP contribution in [-0.4, -0.2) is 38.1 Å². The highest BCUT2D eigenvalue weighted by Crippen LogP contribution is 2.09. The van der Waals surface area contributed by atoms with Crippen molar-refractivity contribution in [3.63, 3.8) is 0 Å². The normalized spacial score (nSPS) is 11.1. The fourth-order valence-corrected chi connectivity index (χ4v) is 3.28. The SMILES string of the molecule is CC(C)[O][Al]([CH2]CCC(=O)O)[O]C(C)C. The van der Waals surface area contributed by atoms with Gasteiger partial charge >= 0.3 is 20.8 Å². The van der Waals surface area contributed by atoms with Gasteiger partial charge in [-0.15, -0.1) is 0 Å². The fraction of sp³-hybridized carbons (Fsp3) is 0.900. The second-order valence-electron chi connectivity index (χ2n) is 4.09. The van der Waals surface area contributed by atoms with Crippen LogP contribution in [-0.2, 0) is 12.4 Å². The summed E-state index contributed by atoms with van der Waals surface area (Å²) in [5, 5.41) is 9.29. The van der Waals surface area contributed by atoms with Gasteiger partial charge in [0.05, 0.1) is 0 Å². The first-order chi connectivity index (χ1) is 6.91. The lowest BCUT2D eigenvalue weighted by molar-refractivity contribution is -0.137. The lowest BCUT2D eigenvalue weighted by atomic mass is 10.3. The minimum atomic E-state index is -1.67. The Morgan fingerprint density at radius 3 is 2.00 bits per heavy atom. The summed E-state index contributed by atoms with van der Waals surface area (Å²) in [5.74, 6) is -0.753. The van der Waals surface area contributed by atoms with Gasteiger partial charge in [-0.1, -0.05) is 0 Å². The first kappa shape index (κ1) is 14.9. The average Bonchev–Trinajstić information content (AvgIpc) is 2.00. The zero-order valence-electron chi connectivity index (χ0n) is 10.0. The van der Waals surface area contributed by atoms with Crippen molar-refractivity contribution in [2.75, 3.05) is 0 Å². The van der Waals surface area contributed by atoms with E-state index in [0.29, 0.717) is 6.42 Å². The number of carboxylic acid groups (broad SMARTS) is 1. The standard InChI is InChI=1S/C4H7O2.2C3H7O.Al/c1-2-3-4(5)6;2*1-3(2)4;/h1-3H2,(H,5,6);2*3H,1-2H3;/q;2*-1;+2. The smallest absolute Gasteiger partial charge is 0.481 e. The molecule has 0 aliphatic rings. The van der Waals surface area contributed by atoms with Crippen LogP contribution in [0.1, 0.15) is 40.5 Å². The molecule has 0 aromatic carbocycles. The Hall–Kier alpha value is -0.0775.